The van der Waals surface area contributed by atoms with E-state index in [0.717, 1.165) is 5.56 Å². The molecular formula is C18H24N2O4. The van der Waals surface area contributed by atoms with Crippen molar-refractivity contribution >= 4 is 17.8 Å². The summed E-state index contributed by atoms with van der Waals surface area (Å²) in [5.41, 5.74) is 1.03. The quantitative estimate of drug-likeness (QED) is 0.861. The number of hydrogen-bond donors (Lipinski definition) is 1. The van der Waals surface area contributed by atoms with Crippen LogP contribution in [0.4, 0.5) is 0 Å². The van der Waals surface area contributed by atoms with Gasteiger partial charge in [-0.25, -0.2) is 0 Å². The number of carboxylic acid groups (broad SMARTS) is 1. The zero-order valence-corrected chi connectivity index (χ0v) is 14.3. The number of carboxylic acids is 1. The molecule has 1 N–H and O–H groups in total. The molecule has 1 saturated heterocycles. The monoisotopic (exact) mass is 332 g/mol. The van der Waals surface area contributed by atoms with E-state index in [2.05, 4.69) is 0 Å². The van der Waals surface area contributed by atoms with Crippen molar-refractivity contribution in [3.8, 4) is 0 Å². The van der Waals surface area contributed by atoms with E-state index < -0.39 is 17.8 Å². The number of aliphatic carboxylic acids is 1. The maximum Gasteiger partial charge on any atom is 0.308 e. The van der Waals surface area contributed by atoms with E-state index >= 15 is 0 Å². The molecule has 1 aliphatic rings. The molecule has 3 atom stereocenters. The Morgan fingerprint density at radius 1 is 1.29 bits per heavy atom. The molecule has 0 saturated carbocycles. The smallest absolute Gasteiger partial charge is 0.308 e. The second-order valence-electron chi connectivity index (χ2n) is 6.49. The summed E-state index contributed by atoms with van der Waals surface area (Å²) in [7, 11) is 1.59. The zero-order valence-electron chi connectivity index (χ0n) is 14.3. The predicted molar refractivity (Wildman–Crippen MR) is 89.1 cm³/mol. The van der Waals surface area contributed by atoms with E-state index in [0.29, 0.717) is 6.54 Å². The van der Waals surface area contributed by atoms with E-state index in [1.165, 1.54) is 4.90 Å². The third-order valence-electron chi connectivity index (χ3n) is 4.60. The minimum absolute atomic E-state index is 0.0376. The molecule has 0 aromatic heterocycles. The first-order valence-electron chi connectivity index (χ1n) is 8.13. The van der Waals surface area contributed by atoms with Crippen LogP contribution in [0, 0.1) is 11.8 Å². The molecule has 6 heteroatoms. The molecular weight excluding hydrogens is 308 g/mol. The van der Waals surface area contributed by atoms with Crippen molar-refractivity contribution in [2.45, 2.75) is 26.3 Å². The van der Waals surface area contributed by atoms with Gasteiger partial charge in [-0.15, -0.1) is 0 Å². The summed E-state index contributed by atoms with van der Waals surface area (Å²) in [5.74, 6) is -2.18. The van der Waals surface area contributed by atoms with Crippen LogP contribution in [0.15, 0.2) is 30.3 Å². The first-order chi connectivity index (χ1) is 11.3. The van der Waals surface area contributed by atoms with Crippen LogP contribution in [0.2, 0.25) is 0 Å². The lowest BCUT2D eigenvalue weighted by Gasteiger charge is -2.26. The molecule has 1 aromatic carbocycles. The van der Waals surface area contributed by atoms with Gasteiger partial charge in [-0.3, -0.25) is 14.4 Å². The molecule has 0 radical (unpaired) electrons. The van der Waals surface area contributed by atoms with Gasteiger partial charge < -0.3 is 14.9 Å². The Morgan fingerprint density at radius 2 is 1.92 bits per heavy atom. The molecule has 1 aromatic rings. The lowest BCUT2D eigenvalue weighted by Crippen LogP contribution is -2.38. The van der Waals surface area contributed by atoms with Gasteiger partial charge >= 0.3 is 5.97 Å². The van der Waals surface area contributed by atoms with Crippen LogP contribution in [0.1, 0.15) is 31.9 Å². The van der Waals surface area contributed by atoms with Crippen LogP contribution in [0.25, 0.3) is 0 Å². The van der Waals surface area contributed by atoms with Gasteiger partial charge in [-0.1, -0.05) is 37.3 Å². The molecule has 2 rings (SSSR count). The molecule has 1 heterocycles. The number of carbonyl (C=O) groups is 3. The van der Waals surface area contributed by atoms with Gasteiger partial charge in [0, 0.05) is 26.6 Å². The van der Waals surface area contributed by atoms with Gasteiger partial charge in [-0.2, -0.15) is 0 Å². The van der Waals surface area contributed by atoms with Crippen molar-refractivity contribution in [3.63, 3.8) is 0 Å². The Bertz CT molecular complexity index is 617. The van der Waals surface area contributed by atoms with E-state index in [9.17, 15) is 14.4 Å². The number of likely N-dealkylation sites (tertiary alicyclic amines) is 1. The maximum atomic E-state index is 12.5. The number of rotatable bonds is 6. The average Bonchev–Trinajstić information content (AvgIpc) is 2.95. The Morgan fingerprint density at radius 3 is 2.50 bits per heavy atom. The third kappa shape index (κ3) is 3.93. The number of carbonyl (C=O) groups excluding carboxylic acids is 2. The maximum absolute atomic E-state index is 12.5. The molecule has 0 unspecified atom stereocenters. The van der Waals surface area contributed by atoms with Gasteiger partial charge in [0.2, 0.25) is 11.8 Å². The highest BCUT2D eigenvalue weighted by molar-refractivity contribution is 5.89. The highest BCUT2D eigenvalue weighted by atomic mass is 16.4. The summed E-state index contributed by atoms with van der Waals surface area (Å²) in [5, 5.41) is 8.96. The topological polar surface area (TPSA) is 77.9 Å². The molecule has 0 aliphatic carbocycles. The van der Waals surface area contributed by atoms with E-state index in [1.807, 2.05) is 37.3 Å². The van der Waals surface area contributed by atoms with Crippen molar-refractivity contribution in [1.29, 1.82) is 0 Å². The van der Waals surface area contributed by atoms with Crippen LogP contribution in [-0.4, -0.2) is 52.8 Å². The SMILES string of the molecule is C[C@H](CN(C)C(=O)[C@H]1CC(=O)N([C@@H](C)c2ccccc2)C1)C(=O)O. The van der Waals surface area contributed by atoms with Gasteiger partial charge in [0.15, 0.2) is 0 Å². The third-order valence-corrected chi connectivity index (χ3v) is 4.60. The molecule has 0 bridgehead atoms. The molecule has 1 fully saturated rings. The Kier molecular flexibility index (Phi) is 5.59. The number of benzene rings is 1. The highest BCUT2D eigenvalue weighted by Gasteiger charge is 2.38. The Balaban J connectivity index is 2.01. The molecule has 2 amide bonds. The first-order valence-corrected chi connectivity index (χ1v) is 8.13. The Hall–Kier alpha value is -2.37. The zero-order chi connectivity index (χ0) is 17.9. The number of hydrogen-bond acceptors (Lipinski definition) is 3. The van der Waals surface area contributed by atoms with Crippen LogP contribution >= 0.6 is 0 Å². The van der Waals surface area contributed by atoms with E-state index in [-0.39, 0.29) is 30.8 Å². The normalized spacial score (nSPS) is 19.9. The van der Waals surface area contributed by atoms with Gasteiger partial charge in [0.25, 0.3) is 0 Å². The minimum atomic E-state index is -0.934. The average molecular weight is 332 g/mol. The van der Waals surface area contributed by atoms with E-state index in [4.69, 9.17) is 5.11 Å². The van der Waals surface area contributed by atoms with Crippen molar-refractivity contribution in [1.82, 2.24) is 9.80 Å². The second kappa shape index (κ2) is 7.47. The lowest BCUT2D eigenvalue weighted by molar-refractivity contribution is -0.143. The van der Waals surface area contributed by atoms with Gasteiger partial charge in [-0.05, 0) is 12.5 Å². The summed E-state index contributed by atoms with van der Waals surface area (Å²) in [6, 6.07) is 9.63. The van der Waals surface area contributed by atoms with Crippen LogP contribution in [0.5, 0.6) is 0 Å². The van der Waals surface area contributed by atoms with E-state index in [1.54, 1.807) is 18.9 Å². The molecule has 24 heavy (non-hydrogen) atoms. The molecule has 130 valence electrons. The summed E-state index contributed by atoms with van der Waals surface area (Å²) >= 11 is 0. The van der Waals surface area contributed by atoms with Crippen LogP contribution in [-0.2, 0) is 14.4 Å². The van der Waals surface area contributed by atoms with Crippen molar-refractivity contribution in [3.05, 3.63) is 35.9 Å². The predicted octanol–water partition coefficient (Wildman–Crippen LogP) is 1.78. The van der Waals surface area contributed by atoms with Crippen LogP contribution < -0.4 is 0 Å². The summed E-state index contributed by atoms with van der Waals surface area (Å²) in [6.45, 7) is 4.04. The molecule has 6 nitrogen and oxygen atoms in total. The second-order valence-corrected chi connectivity index (χ2v) is 6.49. The molecule has 0 spiro atoms. The summed E-state index contributed by atoms with van der Waals surface area (Å²) in [6.07, 6.45) is 0.182. The number of nitrogens with zero attached hydrogens (tertiary/aromatic N) is 2. The van der Waals surface area contributed by atoms with Gasteiger partial charge in [0.1, 0.15) is 0 Å². The lowest BCUT2D eigenvalue weighted by atomic mass is 10.1. The standard InChI is InChI=1S/C18H24N2O4/c1-12(18(23)24)10-19(3)17(22)15-9-16(21)20(11-15)13(2)14-7-5-4-6-8-14/h4-8,12-13,15H,9-11H2,1-3H3,(H,23,24)/t12-,13+,15+/m1/s1. The summed E-state index contributed by atoms with van der Waals surface area (Å²) in [4.78, 5) is 38.9. The largest absolute Gasteiger partial charge is 0.481 e. The van der Waals surface area contributed by atoms with Crippen LogP contribution in [0.3, 0.4) is 0 Å². The van der Waals surface area contributed by atoms with Crippen molar-refractivity contribution < 1.29 is 19.5 Å². The fourth-order valence-corrected chi connectivity index (χ4v) is 3.07. The van der Waals surface area contributed by atoms with Crippen molar-refractivity contribution in [2.24, 2.45) is 11.8 Å². The highest BCUT2D eigenvalue weighted by Crippen LogP contribution is 2.29. The van der Waals surface area contributed by atoms with Gasteiger partial charge in [0.05, 0.1) is 17.9 Å². The minimum Gasteiger partial charge on any atom is -0.481 e. The number of amides is 2. The summed E-state index contributed by atoms with van der Waals surface area (Å²) < 4.78 is 0. The Labute approximate surface area is 142 Å². The fraction of sp³-hybridized carbons (Fsp3) is 0.500. The van der Waals surface area contributed by atoms with Crippen molar-refractivity contribution in [2.75, 3.05) is 20.1 Å². The molecule has 1 aliphatic heterocycles. The first kappa shape index (κ1) is 18.0. The fourth-order valence-electron chi connectivity index (χ4n) is 3.07.